The van der Waals surface area contributed by atoms with Crippen molar-refractivity contribution in [2.24, 2.45) is 0 Å². The number of ether oxygens (including phenoxy) is 1. The maximum absolute atomic E-state index is 13.1. The van der Waals surface area contributed by atoms with Gasteiger partial charge in [-0.05, 0) is 37.3 Å². The number of halogens is 1. The molecular formula is C20H19ClN2O5S. The fourth-order valence-electron chi connectivity index (χ4n) is 2.89. The highest BCUT2D eigenvalue weighted by Crippen LogP contribution is 2.30. The van der Waals surface area contributed by atoms with Gasteiger partial charge in [-0.3, -0.25) is 9.59 Å². The molecule has 0 fully saturated rings. The molecule has 29 heavy (non-hydrogen) atoms. The minimum absolute atomic E-state index is 0.0913. The summed E-state index contributed by atoms with van der Waals surface area (Å²) < 4.78 is 32.6. The maximum Gasteiger partial charge on any atom is 0.325 e. The van der Waals surface area contributed by atoms with E-state index in [0.717, 1.165) is 0 Å². The summed E-state index contributed by atoms with van der Waals surface area (Å²) in [6, 6.07) is 12.8. The third-order valence-corrected chi connectivity index (χ3v) is 6.26. The summed E-state index contributed by atoms with van der Waals surface area (Å²) in [7, 11) is -3.82. The fraction of sp³-hybridized carbons (Fsp3) is 0.200. The first-order chi connectivity index (χ1) is 13.8. The number of hydrogen-bond donors (Lipinski definition) is 1. The second-order valence-corrected chi connectivity index (χ2v) is 8.53. The number of fused-ring (bicyclic) bond motifs is 1. The Labute approximate surface area is 173 Å². The summed E-state index contributed by atoms with van der Waals surface area (Å²) in [6.07, 6.45) is 1.43. The highest BCUT2D eigenvalue weighted by Gasteiger charge is 2.24. The lowest BCUT2D eigenvalue weighted by molar-refractivity contribution is -0.143. The Morgan fingerprint density at radius 3 is 2.48 bits per heavy atom. The third kappa shape index (κ3) is 4.60. The van der Waals surface area contributed by atoms with E-state index in [1.807, 2.05) is 0 Å². The van der Waals surface area contributed by atoms with Gasteiger partial charge in [-0.2, -0.15) is 0 Å². The molecule has 0 aliphatic rings. The largest absolute Gasteiger partial charge is 0.465 e. The summed E-state index contributed by atoms with van der Waals surface area (Å²) in [6.45, 7) is 1.51. The molecular weight excluding hydrogens is 416 g/mol. The van der Waals surface area contributed by atoms with Gasteiger partial charge in [0.2, 0.25) is 15.7 Å². The van der Waals surface area contributed by atoms with Crippen molar-refractivity contribution in [1.82, 2.24) is 9.88 Å². The van der Waals surface area contributed by atoms with Crippen LogP contribution in [0.1, 0.15) is 6.92 Å². The van der Waals surface area contributed by atoms with Gasteiger partial charge >= 0.3 is 5.97 Å². The van der Waals surface area contributed by atoms with Crippen molar-refractivity contribution in [3.05, 3.63) is 59.8 Å². The molecule has 0 unspecified atom stereocenters. The van der Waals surface area contributed by atoms with Crippen LogP contribution in [0.2, 0.25) is 5.02 Å². The zero-order chi connectivity index (χ0) is 21.0. The van der Waals surface area contributed by atoms with Crippen molar-refractivity contribution in [1.29, 1.82) is 0 Å². The van der Waals surface area contributed by atoms with E-state index in [4.69, 9.17) is 16.3 Å². The first-order valence-corrected chi connectivity index (χ1v) is 10.7. The van der Waals surface area contributed by atoms with Crippen LogP contribution in [0.3, 0.4) is 0 Å². The van der Waals surface area contributed by atoms with Gasteiger partial charge in [0.25, 0.3) is 0 Å². The number of nitrogens with zero attached hydrogens (tertiary/aromatic N) is 1. The number of carbonyl (C=O) groups is 2. The SMILES string of the molecule is CCOC(=O)CNC(=O)Cn1cc(S(=O)(=O)c2ccc(Cl)cc2)c2ccccc21. The first kappa shape index (κ1) is 20.9. The average molecular weight is 435 g/mol. The fourth-order valence-corrected chi connectivity index (χ4v) is 4.49. The van der Waals surface area contributed by atoms with Crippen LogP contribution < -0.4 is 5.32 Å². The molecule has 0 spiro atoms. The van der Waals surface area contributed by atoms with E-state index in [9.17, 15) is 18.0 Å². The highest BCUT2D eigenvalue weighted by molar-refractivity contribution is 7.91. The Morgan fingerprint density at radius 2 is 1.79 bits per heavy atom. The number of amides is 1. The molecule has 0 atom stereocenters. The summed E-state index contributed by atoms with van der Waals surface area (Å²) >= 11 is 5.86. The molecule has 152 valence electrons. The van der Waals surface area contributed by atoms with E-state index in [0.29, 0.717) is 15.9 Å². The highest BCUT2D eigenvalue weighted by atomic mass is 35.5. The number of sulfone groups is 1. The van der Waals surface area contributed by atoms with E-state index < -0.39 is 21.7 Å². The molecule has 0 aliphatic heterocycles. The molecule has 1 amide bonds. The van der Waals surface area contributed by atoms with E-state index >= 15 is 0 Å². The van der Waals surface area contributed by atoms with Gasteiger partial charge in [0.15, 0.2) is 0 Å². The Bertz CT molecular complexity index is 1150. The lowest BCUT2D eigenvalue weighted by Crippen LogP contribution is -2.33. The second-order valence-electron chi connectivity index (χ2n) is 6.18. The Morgan fingerprint density at radius 1 is 1.10 bits per heavy atom. The van der Waals surface area contributed by atoms with Gasteiger partial charge in [0, 0.05) is 22.1 Å². The van der Waals surface area contributed by atoms with Gasteiger partial charge in [-0.15, -0.1) is 0 Å². The van der Waals surface area contributed by atoms with Crippen LogP contribution in [0.15, 0.2) is 64.5 Å². The topological polar surface area (TPSA) is 94.5 Å². The summed E-state index contributed by atoms with van der Waals surface area (Å²) in [4.78, 5) is 23.8. The number of hydrogen-bond acceptors (Lipinski definition) is 5. The van der Waals surface area contributed by atoms with E-state index in [1.54, 1.807) is 35.8 Å². The third-order valence-electron chi connectivity index (χ3n) is 4.21. The Hall–Kier alpha value is -2.84. The lowest BCUT2D eigenvalue weighted by atomic mass is 10.2. The van der Waals surface area contributed by atoms with Crippen molar-refractivity contribution >= 4 is 44.2 Å². The molecule has 3 aromatic rings. The van der Waals surface area contributed by atoms with Gasteiger partial charge in [-0.25, -0.2) is 8.42 Å². The molecule has 2 aromatic carbocycles. The molecule has 0 aliphatic carbocycles. The maximum atomic E-state index is 13.1. The number of benzene rings is 2. The van der Waals surface area contributed by atoms with Crippen LogP contribution in [-0.2, 0) is 30.7 Å². The molecule has 0 radical (unpaired) electrons. The molecule has 9 heteroatoms. The number of aromatic nitrogens is 1. The second kappa shape index (κ2) is 8.67. The van der Waals surface area contributed by atoms with Crippen LogP contribution in [0.25, 0.3) is 10.9 Å². The molecule has 0 saturated heterocycles. The standard InChI is InChI=1S/C20H19ClN2O5S/c1-2-28-20(25)11-22-19(24)13-23-12-18(16-5-3-4-6-17(16)23)29(26,27)15-9-7-14(21)8-10-15/h3-10,12H,2,11,13H2,1H3,(H,22,24). The minimum atomic E-state index is -3.82. The summed E-state index contributed by atoms with van der Waals surface area (Å²) in [5.74, 6) is -0.974. The van der Waals surface area contributed by atoms with E-state index in [1.165, 1.54) is 30.5 Å². The predicted molar refractivity (Wildman–Crippen MR) is 108 cm³/mol. The molecule has 0 saturated carbocycles. The number of para-hydroxylation sites is 1. The van der Waals surface area contributed by atoms with Crippen LogP contribution >= 0.6 is 11.6 Å². The Kier molecular flexibility index (Phi) is 6.24. The van der Waals surface area contributed by atoms with E-state index in [-0.39, 0.29) is 29.5 Å². The van der Waals surface area contributed by atoms with Crippen molar-refractivity contribution in [2.75, 3.05) is 13.2 Å². The van der Waals surface area contributed by atoms with Crippen LogP contribution in [0.4, 0.5) is 0 Å². The molecule has 7 nitrogen and oxygen atoms in total. The van der Waals surface area contributed by atoms with Gasteiger partial charge < -0.3 is 14.6 Å². The monoisotopic (exact) mass is 434 g/mol. The molecule has 0 bridgehead atoms. The van der Waals surface area contributed by atoms with Crippen molar-refractivity contribution in [2.45, 2.75) is 23.3 Å². The normalized spacial score (nSPS) is 11.4. The quantitative estimate of drug-likeness (QED) is 0.577. The molecule has 1 N–H and O–H groups in total. The van der Waals surface area contributed by atoms with Gasteiger partial charge in [0.1, 0.15) is 13.1 Å². The Balaban J connectivity index is 1.92. The number of nitrogens with one attached hydrogen (secondary N) is 1. The number of esters is 1. The van der Waals surface area contributed by atoms with Crippen molar-refractivity contribution in [3.8, 4) is 0 Å². The summed E-state index contributed by atoms with van der Waals surface area (Å²) in [5, 5.41) is 3.40. The number of rotatable bonds is 7. The average Bonchev–Trinajstić information content (AvgIpc) is 3.06. The minimum Gasteiger partial charge on any atom is -0.465 e. The van der Waals surface area contributed by atoms with Crippen molar-refractivity contribution < 1.29 is 22.7 Å². The zero-order valence-corrected chi connectivity index (χ0v) is 17.2. The zero-order valence-electron chi connectivity index (χ0n) is 15.6. The predicted octanol–water partition coefficient (Wildman–Crippen LogP) is 2.81. The van der Waals surface area contributed by atoms with Gasteiger partial charge in [-0.1, -0.05) is 29.8 Å². The smallest absolute Gasteiger partial charge is 0.325 e. The van der Waals surface area contributed by atoms with Crippen molar-refractivity contribution in [3.63, 3.8) is 0 Å². The van der Waals surface area contributed by atoms with Crippen LogP contribution in [-0.4, -0.2) is 38.0 Å². The molecule has 1 heterocycles. The molecule has 1 aromatic heterocycles. The van der Waals surface area contributed by atoms with Gasteiger partial charge in [0.05, 0.1) is 16.4 Å². The van der Waals surface area contributed by atoms with E-state index in [2.05, 4.69) is 5.32 Å². The lowest BCUT2D eigenvalue weighted by Gasteiger charge is -2.07. The molecule has 3 rings (SSSR count). The summed E-state index contributed by atoms with van der Waals surface area (Å²) in [5.41, 5.74) is 0.589. The number of carbonyl (C=O) groups excluding carboxylic acids is 2. The van der Waals surface area contributed by atoms with Crippen LogP contribution in [0, 0.1) is 0 Å². The first-order valence-electron chi connectivity index (χ1n) is 8.83. The van der Waals surface area contributed by atoms with Crippen LogP contribution in [0.5, 0.6) is 0 Å².